The molecule has 0 radical (unpaired) electrons. The van der Waals surface area contributed by atoms with Crippen LogP contribution in [0.4, 0.5) is 0 Å². The van der Waals surface area contributed by atoms with E-state index in [0.29, 0.717) is 5.75 Å². The standard InChI is InChI=1S/C22H24NO2P/c1-18(23)16-19-12-14-20(15-13-19)25-17-26(24,21-8-4-2-5-9-21)22-10-6-3-7-11-22/h2-15,18H,16-17,23H2,1H3. The topological polar surface area (TPSA) is 52.3 Å². The Morgan fingerprint density at radius 1 is 0.846 bits per heavy atom. The summed E-state index contributed by atoms with van der Waals surface area (Å²) in [7, 11) is -2.87. The minimum Gasteiger partial charge on any atom is -0.485 e. The third kappa shape index (κ3) is 4.43. The summed E-state index contributed by atoms with van der Waals surface area (Å²) in [5.41, 5.74) is 7.01. The van der Waals surface area contributed by atoms with Gasteiger partial charge in [-0.15, -0.1) is 0 Å². The molecule has 3 nitrogen and oxygen atoms in total. The van der Waals surface area contributed by atoms with Gasteiger partial charge in [-0.1, -0.05) is 72.8 Å². The van der Waals surface area contributed by atoms with Crippen molar-refractivity contribution in [3.8, 4) is 5.75 Å². The normalized spacial score (nSPS) is 12.5. The van der Waals surface area contributed by atoms with Crippen LogP contribution in [0.25, 0.3) is 0 Å². The Balaban J connectivity index is 1.82. The second-order valence-corrected chi connectivity index (χ2v) is 9.28. The molecule has 1 atom stereocenters. The molecule has 0 spiro atoms. The monoisotopic (exact) mass is 365 g/mol. The quantitative estimate of drug-likeness (QED) is 0.646. The molecular weight excluding hydrogens is 341 g/mol. The van der Waals surface area contributed by atoms with Crippen molar-refractivity contribution in [3.63, 3.8) is 0 Å². The predicted octanol–water partition coefficient (Wildman–Crippen LogP) is 3.93. The fraction of sp³-hybridized carbons (Fsp3) is 0.182. The van der Waals surface area contributed by atoms with Crippen molar-refractivity contribution in [2.75, 3.05) is 6.35 Å². The van der Waals surface area contributed by atoms with Crippen LogP contribution in [0.1, 0.15) is 12.5 Å². The minimum atomic E-state index is -2.87. The van der Waals surface area contributed by atoms with Crippen LogP contribution in [0, 0.1) is 0 Å². The fourth-order valence-electron chi connectivity index (χ4n) is 2.89. The summed E-state index contributed by atoms with van der Waals surface area (Å²) in [6.07, 6.45) is 0.959. The van der Waals surface area contributed by atoms with E-state index in [4.69, 9.17) is 10.5 Å². The summed E-state index contributed by atoms with van der Waals surface area (Å²) in [5.74, 6) is 0.713. The highest BCUT2D eigenvalue weighted by Crippen LogP contribution is 2.43. The van der Waals surface area contributed by atoms with Crippen LogP contribution in [-0.4, -0.2) is 12.4 Å². The summed E-state index contributed by atoms with van der Waals surface area (Å²) in [4.78, 5) is 0. The number of rotatable bonds is 7. The number of benzene rings is 3. The van der Waals surface area contributed by atoms with Crippen LogP contribution in [0.15, 0.2) is 84.9 Å². The minimum absolute atomic E-state index is 0.123. The van der Waals surface area contributed by atoms with Gasteiger partial charge in [0.05, 0.1) is 0 Å². The van der Waals surface area contributed by atoms with E-state index >= 15 is 0 Å². The Morgan fingerprint density at radius 3 is 1.81 bits per heavy atom. The van der Waals surface area contributed by atoms with Gasteiger partial charge in [0.25, 0.3) is 0 Å². The number of ether oxygens (including phenoxy) is 1. The van der Waals surface area contributed by atoms with Crippen molar-refractivity contribution in [2.24, 2.45) is 5.73 Å². The molecule has 0 amide bonds. The van der Waals surface area contributed by atoms with Gasteiger partial charge >= 0.3 is 0 Å². The summed E-state index contributed by atoms with van der Waals surface area (Å²) in [5, 5.41) is 1.61. The van der Waals surface area contributed by atoms with Crippen LogP contribution < -0.4 is 21.1 Å². The van der Waals surface area contributed by atoms with Crippen molar-refractivity contribution in [3.05, 3.63) is 90.5 Å². The smallest absolute Gasteiger partial charge is 0.178 e. The molecule has 0 aliphatic rings. The van der Waals surface area contributed by atoms with Crippen LogP contribution in [0.2, 0.25) is 0 Å². The molecule has 134 valence electrons. The molecule has 0 saturated carbocycles. The van der Waals surface area contributed by atoms with Gasteiger partial charge in [0.15, 0.2) is 7.14 Å². The highest BCUT2D eigenvalue weighted by molar-refractivity contribution is 7.78. The fourth-order valence-corrected chi connectivity index (χ4v) is 5.13. The van der Waals surface area contributed by atoms with Crippen LogP contribution in [0.3, 0.4) is 0 Å². The lowest BCUT2D eigenvalue weighted by molar-refractivity contribution is 0.379. The third-order valence-electron chi connectivity index (χ3n) is 4.24. The first-order chi connectivity index (χ1) is 12.6. The van der Waals surface area contributed by atoms with Crippen molar-refractivity contribution >= 4 is 17.8 Å². The van der Waals surface area contributed by atoms with E-state index in [1.807, 2.05) is 91.9 Å². The van der Waals surface area contributed by atoms with E-state index in [0.717, 1.165) is 17.0 Å². The molecule has 3 rings (SSSR count). The molecule has 2 N–H and O–H groups in total. The Kier molecular flexibility index (Phi) is 5.92. The largest absolute Gasteiger partial charge is 0.485 e. The molecule has 0 aromatic heterocycles. The Bertz CT molecular complexity index is 818. The average molecular weight is 365 g/mol. The lowest BCUT2D eigenvalue weighted by atomic mass is 10.1. The second-order valence-electron chi connectivity index (χ2n) is 6.51. The van der Waals surface area contributed by atoms with Crippen molar-refractivity contribution in [1.82, 2.24) is 0 Å². The van der Waals surface area contributed by atoms with Crippen LogP contribution in [-0.2, 0) is 11.0 Å². The van der Waals surface area contributed by atoms with E-state index < -0.39 is 7.14 Å². The molecule has 3 aromatic rings. The highest BCUT2D eigenvalue weighted by Gasteiger charge is 2.28. The molecule has 0 fully saturated rings. The van der Waals surface area contributed by atoms with Gasteiger partial charge in [-0.2, -0.15) is 0 Å². The molecule has 4 heteroatoms. The van der Waals surface area contributed by atoms with Gasteiger partial charge in [0.2, 0.25) is 0 Å². The third-order valence-corrected chi connectivity index (χ3v) is 7.00. The summed E-state index contributed by atoms with van der Waals surface area (Å²) in [6.45, 7) is 1.99. The lowest BCUT2D eigenvalue weighted by Crippen LogP contribution is -2.21. The SMILES string of the molecule is CC(N)Cc1ccc(OCP(=O)(c2ccccc2)c2ccccc2)cc1. The summed E-state index contributed by atoms with van der Waals surface area (Å²) < 4.78 is 19.8. The van der Waals surface area contributed by atoms with Crippen molar-refractivity contribution < 1.29 is 9.30 Å². The molecule has 0 bridgehead atoms. The molecule has 0 aliphatic carbocycles. The Labute approximate surface area is 155 Å². The van der Waals surface area contributed by atoms with Gasteiger partial charge in [0.1, 0.15) is 12.1 Å². The van der Waals surface area contributed by atoms with Gasteiger partial charge < -0.3 is 15.0 Å². The lowest BCUT2D eigenvalue weighted by Gasteiger charge is -2.20. The predicted molar refractivity (Wildman–Crippen MR) is 109 cm³/mol. The molecule has 26 heavy (non-hydrogen) atoms. The Hall–Kier alpha value is -2.35. The molecule has 0 aliphatic heterocycles. The second kappa shape index (κ2) is 8.35. The summed E-state index contributed by atoms with van der Waals surface area (Å²) in [6, 6.07) is 27.1. The van der Waals surface area contributed by atoms with Gasteiger partial charge in [-0.3, -0.25) is 0 Å². The zero-order valence-corrected chi connectivity index (χ0v) is 15.8. The van der Waals surface area contributed by atoms with E-state index in [2.05, 4.69) is 0 Å². The first-order valence-corrected chi connectivity index (χ1v) is 10.6. The first-order valence-electron chi connectivity index (χ1n) is 8.75. The van der Waals surface area contributed by atoms with E-state index in [-0.39, 0.29) is 12.4 Å². The zero-order chi connectivity index (χ0) is 18.4. The molecule has 0 saturated heterocycles. The maximum atomic E-state index is 13.9. The molecule has 3 aromatic carbocycles. The van der Waals surface area contributed by atoms with E-state index in [9.17, 15) is 4.57 Å². The molecular formula is C22H24NO2P. The molecule has 1 unspecified atom stereocenters. The average Bonchev–Trinajstić information content (AvgIpc) is 2.68. The van der Waals surface area contributed by atoms with Crippen molar-refractivity contribution in [2.45, 2.75) is 19.4 Å². The Morgan fingerprint density at radius 2 is 1.35 bits per heavy atom. The van der Waals surface area contributed by atoms with Gasteiger partial charge in [0, 0.05) is 16.7 Å². The first kappa shape index (κ1) is 18.4. The van der Waals surface area contributed by atoms with Crippen LogP contribution >= 0.6 is 7.14 Å². The van der Waals surface area contributed by atoms with Crippen LogP contribution in [0.5, 0.6) is 5.75 Å². The zero-order valence-electron chi connectivity index (χ0n) is 14.9. The number of hydrogen-bond acceptors (Lipinski definition) is 3. The maximum Gasteiger partial charge on any atom is 0.178 e. The van der Waals surface area contributed by atoms with Crippen molar-refractivity contribution in [1.29, 1.82) is 0 Å². The number of hydrogen-bond donors (Lipinski definition) is 1. The van der Waals surface area contributed by atoms with E-state index in [1.54, 1.807) is 0 Å². The summed E-state index contributed by atoms with van der Waals surface area (Å²) >= 11 is 0. The highest BCUT2D eigenvalue weighted by atomic mass is 31.2. The maximum absolute atomic E-state index is 13.9. The van der Waals surface area contributed by atoms with Gasteiger partial charge in [-0.25, -0.2) is 0 Å². The van der Waals surface area contributed by atoms with E-state index in [1.165, 1.54) is 5.56 Å². The van der Waals surface area contributed by atoms with Gasteiger partial charge in [-0.05, 0) is 31.0 Å². The number of nitrogens with two attached hydrogens (primary N) is 1. The molecule has 0 heterocycles.